The summed E-state index contributed by atoms with van der Waals surface area (Å²) in [5.41, 5.74) is 1.97. The van der Waals surface area contributed by atoms with Crippen LogP contribution in [-0.4, -0.2) is 17.9 Å². The number of carbonyl (C=O) groups excluding carboxylic acids is 2. The molecule has 0 bridgehead atoms. The van der Waals surface area contributed by atoms with Crippen molar-refractivity contribution in [1.82, 2.24) is 0 Å². The van der Waals surface area contributed by atoms with Crippen LogP contribution in [0.4, 0.5) is 0 Å². The van der Waals surface area contributed by atoms with Gasteiger partial charge in [-0.3, -0.25) is 9.59 Å². The van der Waals surface area contributed by atoms with Crippen molar-refractivity contribution in [3.63, 3.8) is 0 Å². The standard InChI is InChI=1S/C27H40O3/c1-17(28)27-12-6-5-7-20(27)16-24-22-9-8-19-15-21(30-18(2)29)10-13-25(19,3)23(22)11-14-26(24,27)4/h8,20-24H,5-7,9-16H2,1-4H3/t20-,21-,22-,23+,24+,25+,26+,27+/m1/s1. The Balaban J connectivity index is 1.46. The topological polar surface area (TPSA) is 43.4 Å². The van der Waals surface area contributed by atoms with Crippen LogP contribution in [0.1, 0.15) is 98.3 Å². The summed E-state index contributed by atoms with van der Waals surface area (Å²) in [4.78, 5) is 24.7. The van der Waals surface area contributed by atoms with Crippen LogP contribution in [0, 0.1) is 39.9 Å². The molecule has 0 aromatic rings. The number of ether oxygens (including phenoxy) is 1. The van der Waals surface area contributed by atoms with Gasteiger partial charge >= 0.3 is 5.97 Å². The van der Waals surface area contributed by atoms with Crippen LogP contribution in [0.3, 0.4) is 0 Å². The van der Waals surface area contributed by atoms with E-state index in [0.717, 1.165) is 37.5 Å². The molecule has 0 radical (unpaired) electrons. The molecule has 0 unspecified atom stereocenters. The predicted octanol–water partition coefficient (Wildman–Crippen LogP) is 6.26. The molecule has 0 aromatic heterocycles. The third-order valence-electron chi connectivity index (χ3n) is 11.0. The first kappa shape index (κ1) is 20.8. The second-order valence-electron chi connectivity index (χ2n) is 11.9. The number of ketones is 1. The Morgan fingerprint density at radius 1 is 1.00 bits per heavy atom. The Kier molecular flexibility index (Phi) is 4.80. The highest BCUT2D eigenvalue weighted by molar-refractivity contribution is 5.84. The zero-order chi connectivity index (χ0) is 21.3. The van der Waals surface area contributed by atoms with E-state index in [1.165, 1.54) is 51.9 Å². The van der Waals surface area contributed by atoms with Gasteiger partial charge in [0.25, 0.3) is 0 Å². The van der Waals surface area contributed by atoms with Gasteiger partial charge in [0.1, 0.15) is 11.9 Å². The summed E-state index contributed by atoms with van der Waals surface area (Å²) in [5.74, 6) is 3.13. The molecule has 5 aliphatic rings. The zero-order valence-corrected chi connectivity index (χ0v) is 19.5. The van der Waals surface area contributed by atoms with Gasteiger partial charge in [-0.25, -0.2) is 0 Å². The highest BCUT2D eigenvalue weighted by atomic mass is 16.5. The first-order chi connectivity index (χ1) is 14.2. The predicted molar refractivity (Wildman–Crippen MR) is 118 cm³/mol. The number of hydrogen-bond donors (Lipinski definition) is 0. The third-order valence-corrected chi connectivity index (χ3v) is 11.0. The monoisotopic (exact) mass is 412 g/mol. The molecule has 0 spiro atoms. The van der Waals surface area contributed by atoms with Gasteiger partial charge in [0.05, 0.1) is 0 Å². The Morgan fingerprint density at radius 3 is 2.53 bits per heavy atom. The molecule has 30 heavy (non-hydrogen) atoms. The van der Waals surface area contributed by atoms with E-state index in [4.69, 9.17) is 4.74 Å². The van der Waals surface area contributed by atoms with Crippen molar-refractivity contribution in [2.24, 2.45) is 39.9 Å². The van der Waals surface area contributed by atoms with E-state index < -0.39 is 0 Å². The first-order valence-electron chi connectivity index (χ1n) is 12.6. The van der Waals surface area contributed by atoms with Gasteiger partial charge in [0.2, 0.25) is 0 Å². The first-order valence-corrected chi connectivity index (χ1v) is 12.6. The van der Waals surface area contributed by atoms with Crippen LogP contribution in [0.2, 0.25) is 0 Å². The van der Waals surface area contributed by atoms with E-state index in [1.54, 1.807) is 5.57 Å². The van der Waals surface area contributed by atoms with Crippen LogP contribution in [0.15, 0.2) is 11.6 Å². The van der Waals surface area contributed by atoms with Crippen LogP contribution in [-0.2, 0) is 14.3 Å². The molecule has 8 atom stereocenters. The van der Waals surface area contributed by atoms with E-state index >= 15 is 0 Å². The maximum atomic E-state index is 13.2. The molecule has 3 heteroatoms. The third kappa shape index (κ3) is 2.62. The van der Waals surface area contributed by atoms with Gasteiger partial charge in [0, 0.05) is 18.8 Å². The molecule has 0 saturated heterocycles. The van der Waals surface area contributed by atoms with Crippen LogP contribution >= 0.6 is 0 Å². The Labute approximate surface area is 182 Å². The van der Waals surface area contributed by atoms with Crippen molar-refractivity contribution in [3.8, 4) is 0 Å². The minimum absolute atomic E-state index is 0.0429. The maximum absolute atomic E-state index is 13.2. The van der Waals surface area contributed by atoms with Crippen LogP contribution in [0.5, 0.6) is 0 Å². The van der Waals surface area contributed by atoms with Crippen molar-refractivity contribution in [3.05, 3.63) is 11.6 Å². The summed E-state index contributed by atoms with van der Waals surface area (Å²) in [7, 11) is 0. The lowest BCUT2D eigenvalue weighted by Gasteiger charge is -2.60. The van der Waals surface area contributed by atoms with Crippen molar-refractivity contribution in [1.29, 1.82) is 0 Å². The molecule has 5 aliphatic carbocycles. The summed E-state index contributed by atoms with van der Waals surface area (Å²) in [6, 6.07) is 0. The van der Waals surface area contributed by atoms with Crippen LogP contribution in [0.25, 0.3) is 0 Å². The van der Waals surface area contributed by atoms with Crippen molar-refractivity contribution in [2.45, 2.75) is 104 Å². The number of allylic oxidation sites excluding steroid dienone is 1. The summed E-state index contributed by atoms with van der Waals surface area (Å²) in [6.07, 6.45) is 15.6. The van der Waals surface area contributed by atoms with Crippen molar-refractivity contribution < 1.29 is 14.3 Å². The minimum atomic E-state index is -0.144. The van der Waals surface area contributed by atoms with Gasteiger partial charge in [0.15, 0.2) is 0 Å². The number of esters is 1. The number of fused-ring (bicyclic) bond motifs is 7. The molecule has 5 rings (SSSR count). The largest absolute Gasteiger partial charge is 0.462 e. The summed E-state index contributed by atoms with van der Waals surface area (Å²) < 4.78 is 5.59. The molecule has 0 N–H and O–H groups in total. The second-order valence-corrected chi connectivity index (χ2v) is 11.9. The summed E-state index contributed by atoms with van der Waals surface area (Å²) in [5, 5.41) is 0. The number of rotatable bonds is 2. The normalized spacial score (nSPS) is 49.7. The Hall–Kier alpha value is -1.12. The van der Waals surface area contributed by atoms with Crippen molar-refractivity contribution >= 4 is 11.8 Å². The van der Waals surface area contributed by atoms with E-state index in [-0.39, 0.29) is 28.3 Å². The number of hydrogen-bond acceptors (Lipinski definition) is 3. The minimum Gasteiger partial charge on any atom is -0.462 e. The molecule has 0 amide bonds. The zero-order valence-electron chi connectivity index (χ0n) is 19.5. The van der Waals surface area contributed by atoms with Gasteiger partial charge in [-0.2, -0.15) is 0 Å². The summed E-state index contributed by atoms with van der Waals surface area (Å²) >= 11 is 0. The fourth-order valence-corrected chi connectivity index (χ4v) is 9.76. The number of carbonyl (C=O) groups is 2. The van der Waals surface area contributed by atoms with E-state index in [0.29, 0.717) is 17.6 Å². The average Bonchev–Trinajstić information content (AvgIpc) is 2.98. The smallest absolute Gasteiger partial charge is 0.302 e. The molecule has 0 aliphatic heterocycles. The Morgan fingerprint density at radius 2 is 1.80 bits per heavy atom. The van der Waals surface area contributed by atoms with E-state index in [1.807, 2.05) is 6.92 Å². The fourth-order valence-electron chi connectivity index (χ4n) is 9.76. The van der Waals surface area contributed by atoms with Gasteiger partial charge in [-0.1, -0.05) is 38.3 Å². The van der Waals surface area contributed by atoms with Gasteiger partial charge in [-0.15, -0.1) is 0 Å². The lowest BCUT2D eigenvalue weighted by atomic mass is 9.44. The fraction of sp³-hybridized carbons (Fsp3) is 0.852. The molecule has 0 heterocycles. The lowest BCUT2D eigenvalue weighted by Crippen LogP contribution is -2.55. The molecular formula is C27H40O3. The van der Waals surface area contributed by atoms with E-state index in [2.05, 4.69) is 19.9 Å². The highest BCUT2D eigenvalue weighted by Crippen LogP contribution is 2.73. The Bertz CT molecular complexity index is 783. The molecule has 4 saturated carbocycles. The van der Waals surface area contributed by atoms with Gasteiger partial charge < -0.3 is 4.74 Å². The average molecular weight is 413 g/mol. The lowest BCUT2D eigenvalue weighted by molar-refractivity contribution is -0.151. The summed E-state index contributed by atoms with van der Waals surface area (Å²) in [6.45, 7) is 8.46. The molecule has 166 valence electrons. The van der Waals surface area contributed by atoms with Gasteiger partial charge in [-0.05, 0) is 92.8 Å². The van der Waals surface area contributed by atoms with Crippen molar-refractivity contribution in [2.75, 3.05) is 0 Å². The molecule has 0 aromatic carbocycles. The maximum Gasteiger partial charge on any atom is 0.302 e. The molecular weight excluding hydrogens is 372 g/mol. The highest BCUT2D eigenvalue weighted by Gasteiger charge is 2.68. The van der Waals surface area contributed by atoms with E-state index in [9.17, 15) is 9.59 Å². The molecule has 4 fully saturated rings. The van der Waals surface area contributed by atoms with Crippen LogP contribution < -0.4 is 0 Å². The second kappa shape index (κ2) is 6.94. The molecule has 3 nitrogen and oxygen atoms in total. The SMILES string of the molecule is CC(=O)O[C@@H]1CC[C@@]2(C)C(=CC[C@@H]3[C@@H]2CC[C@@]2(C)[C@H]3C[C@H]3CCCC[C@]32C(C)=O)C1. The quantitative estimate of drug-likeness (QED) is 0.397. The number of Topliss-reactive ketones (excluding diaryl/α,β-unsaturated/α-hetero) is 1.